The molecule has 134 valence electrons. The third-order valence-corrected chi connectivity index (χ3v) is 5.74. The van der Waals surface area contributed by atoms with Crippen LogP contribution in [0.2, 0.25) is 0 Å². The highest BCUT2D eigenvalue weighted by Crippen LogP contribution is 2.22. The second kappa shape index (κ2) is 6.66. The average Bonchev–Trinajstić information content (AvgIpc) is 3.09. The smallest absolute Gasteiger partial charge is 0.274 e. The van der Waals surface area contributed by atoms with Crippen LogP contribution in [-0.4, -0.2) is 51.8 Å². The molecule has 2 aromatic heterocycles. The van der Waals surface area contributed by atoms with Crippen molar-refractivity contribution in [2.45, 2.75) is 19.0 Å². The third kappa shape index (κ3) is 3.04. The van der Waals surface area contributed by atoms with Crippen LogP contribution in [0.15, 0.2) is 46.7 Å². The first-order chi connectivity index (χ1) is 12.5. The summed E-state index contributed by atoms with van der Waals surface area (Å²) in [4.78, 5) is 33.2. The monoisotopic (exact) mass is 368 g/mol. The Hall–Kier alpha value is -2.51. The Morgan fingerprint density at radius 2 is 2.12 bits per heavy atom. The lowest BCUT2D eigenvalue weighted by Gasteiger charge is -2.36. The molecule has 0 unspecified atom stereocenters. The fourth-order valence-corrected chi connectivity index (χ4v) is 4.25. The highest BCUT2D eigenvalue weighted by atomic mass is 32.1. The molecule has 1 aliphatic heterocycles. The van der Waals surface area contributed by atoms with Gasteiger partial charge in [0.15, 0.2) is 4.96 Å². The molecule has 1 atom stereocenters. The predicted molar refractivity (Wildman–Crippen MR) is 102 cm³/mol. The Labute approximate surface area is 155 Å². The number of carbonyl (C=O) groups is 1. The first kappa shape index (κ1) is 16.9. The number of nitrogens with zero attached hydrogens (tertiary/aromatic N) is 4. The Morgan fingerprint density at radius 1 is 1.35 bits per heavy atom. The topological polar surface area (TPSA) is 57.9 Å². The normalized spacial score (nSPS) is 17.2. The number of carbonyl (C=O) groups excluding carboxylic acids is 1. The van der Waals surface area contributed by atoms with E-state index in [1.807, 2.05) is 5.38 Å². The SMILES string of the molecule is CN(C[C@H]1Cc2ccccc2CN1C)C(=O)c1cc(=O)nc2sccn12. The quantitative estimate of drug-likeness (QED) is 0.708. The Morgan fingerprint density at radius 3 is 2.92 bits per heavy atom. The van der Waals surface area contributed by atoms with Gasteiger partial charge in [0.1, 0.15) is 5.69 Å². The molecule has 0 aliphatic carbocycles. The number of hydrogen-bond acceptors (Lipinski definition) is 5. The molecule has 1 amide bonds. The molecule has 1 aliphatic rings. The summed E-state index contributed by atoms with van der Waals surface area (Å²) < 4.78 is 1.69. The average molecular weight is 368 g/mol. The maximum atomic E-state index is 13.0. The van der Waals surface area contributed by atoms with Crippen molar-refractivity contribution in [3.05, 3.63) is 69.1 Å². The zero-order chi connectivity index (χ0) is 18.3. The summed E-state index contributed by atoms with van der Waals surface area (Å²) in [5.74, 6) is -0.162. The number of rotatable bonds is 3. The van der Waals surface area contributed by atoms with Crippen LogP contribution in [0, 0.1) is 0 Å². The molecule has 0 bridgehead atoms. The zero-order valence-corrected chi connectivity index (χ0v) is 15.6. The lowest BCUT2D eigenvalue weighted by atomic mass is 9.94. The van der Waals surface area contributed by atoms with Gasteiger partial charge in [-0.3, -0.25) is 18.9 Å². The minimum atomic E-state index is -0.382. The van der Waals surface area contributed by atoms with E-state index in [0.717, 1.165) is 13.0 Å². The van der Waals surface area contributed by atoms with Crippen LogP contribution >= 0.6 is 11.3 Å². The van der Waals surface area contributed by atoms with Gasteiger partial charge in [-0.15, -0.1) is 11.3 Å². The summed E-state index contributed by atoms with van der Waals surface area (Å²) in [6, 6.07) is 10.0. The molecule has 26 heavy (non-hydrogen) atoms. The van der Waals surface area contributed by atoms with Gasteiger partial charge in [0.2, 0.25) is 0 Å². The van der Waals surface area contributed by atoms with E-state index in [0.29, 0.717) is 17.2 Å². The number of benzene rings is 1. The number of hydrogen-bond donors (Lipinski definition) is 0. The second-order valence-corrected chi connectivity index (χ2v) is 7.64. The van der Waals surface area contributed by atoms with Crippen LogP contribution in [-0.2, 0) is 13.0 Å². The summed E-state index contributed by atoms with van der Waals surface area (Å²) >= 11 is 1.35. The van der Waals surface area contributed by atoms with Gasteiger partial charge < -0.3 is 4.90 Å². The molecule has 0 fully saturated rings. The molecular weight excluding hydrogens is 348 g/mol. The molecular formula is C19H20N4O2S. The van der Waals surface area contributed by atoms with E-state index in [1.165, 1.54) is 28.5 Å². The van der Waals surface area contributed by atoms with Crippen LogP contribution in [0.25, 0.3) is 4.96 Å². The number of aromatic nitrogens is 2. The van der Waals surface area contributed by atoms with E-state index >= 15 is 0 Å². The van der Waals surface area contributed by atoms with E-state index in [1.54, 1.807) is 22.5 Å². The van der Waals surface area contributed by atoms with Crippen molar-refractivity contribution in [3.63, 3.8) is 0 Å². The first-order valence-electron chi connectivity index (χ1n) is 8.52. The molecule has 0 spiro atoms. The van der Waals surface area contributed by atoms with E-state index < -0.39 is 0 Å². The van der Waals surface area contributed by atoms with Crippen molar-refractivity contribution >= 4 is 22.2 Å². The molecule has 0 N–H and O–H groups in total. The molecule has 7 heteroatoms. The summed E-state index contributed by atoms with van der Waals surface area (Å²) in [7, 11) is 3.88. The van der Waals surface area contributed by atoms with Crippen LogP contribution in [0.5, 0.6) is 0 Å². The molecule has 0 saturated heterocycles. The number of fused-ring (bicyclic) bond motifs is 2. The number of amides is 1. The Bertz CT molecular complexity index is 1030. The van der Waals surface area contributed by atoms with Gasteiger partial charge in [0, 0.05) is 43.8 Å². The van der Waals surface area contributed by atoms with E-state index in [2.05, 4.69) is 41.2 Å². The lowest BCUT2D eigenvalue weighted by Crippen LogP contribution is -2.46. The van der Waals surface area contributed by atoms with Crippen LogP contribution < -0.4 is 5.56 Å². The van der Waals surface area contributed by atoms with Crippen molar-refractivity contribution in [1.29, 1.82) is 0 Å². The standard InChI is InChI=1S/C19H20N4O2S/c1-21-11-14-6-4-3-5-13(14)9-15(21)12-22(2)18(25)16-10-17(24)20-19-23(16)7-8-26-19/h3-8,10,15H,9,11-12H2,1-2H3/t15-/m1/s1. The molecule has 3 aromatic rings. The summed E-state index contributed by atoms with van der Waals surface area (Å²) in [6.45, 7) is 1.48. The first-order valence-corrected chi connectivity index (χ1v) is 9.40. The predicted octanol–water partition coefficient (Wildman–Crippen LogP) is 1.88. The molecule has 6 nitrogen and oxygen atoms in total. The molecule has 4 rings (SSSR count). The van der Waals surface area contributed by atoms with Gasteiger partial charge >= 0.3 is 0 Å². The fourth-order valence-electron chi connectivity index (χ4n) is 3.53. The van der Waals surface area contributed by atoms with Crippen molar-refractivity contribution in [2.24, 2.45) is 0 Å². The minimum absolute atomic E-state index is 0.162. The van der Waals surface area contributed by atoms with E-state index in [4.69, 9.17) is 0 Å². The van der Waals surface area contributed by atoms with E-state index in [9.17, 15) is 9.59 Å². The maximum Gasteiger partial charge on any atom is 0.274 e. The van der Waals surface area contributed by atoms with Gasteiger partial charge in [0.05, 0.1) is 0 Å². The van der Waals surface area contributed by atoms with Crippen molar-refractivity contribution in [3.8, 4) is 0 Å². The highest BCUT2D eigenvalue weighted by molar-refractivity contribution is 7.15. The maximum absolute atomic E-state index is 13.0. The molecule has 3 heterocycles. The van der Waals surface area contributed by atoms with Crippen LogP contribution in [0.1, 0.15) is 21.6 Å². The van der Waals surface area contributed by atoms with Crippen molar-refractivity contribution in [1.82, 2.24) is 19.2 Å². The molecule has 1 aromatic carbocycles. The van der Waals surface area contributed by atoms with Crippen molar-refractivity contribution in [2.75, 3.05) is 20.6 Å². The van der Waals surface area contributed by atoms with Gasteiger partial charge in [-0.1, -0.05) is 24.3 Å². The molecule has 0 radical (unpaired) electrons. The summed E-state index contributed by atoms with van der Waals surface area (Å²) in [5.41, 5.74) is 2.67. The number of likely N-dealkylation sites (N-methyl/N-ethyl adjacent to an activating group) is 2. The van der Waals surface area contributed by atoms with Gasteiger partial charge in [-0.25, -0.2) is 0 Å². The molecule has 0 saturated carbocycles. The second-order valence-electron chi connectivity index (χ2n) is 6.76. The van der Waals surface area contributed by atoms with Crippen LogP contribution in [0.4, 0.5) is 0 Å². The fraction of sp³-hybridized carbons (Fsp3) is 0.316. The van der Waals surface area contributed by atoms with E-state index in [-0.39, 0.29) is 17.5 Å². The van der Waals surface area contributed by atoms with Crippen LogP contribution in [0.3, 0.4) is 0 Å². The largest absolute Gasteiger partial charge is 0.339 e. The third-order valence-electron chi connectivity index (χ3n) is 4.98. The van der Waals surface area contributed by atoms with Gasteiger partial charge in [-0.05, 0) is 24.6 Å². The highest BCUT2D eigenvalue weighted by Gasteiger charge is 2.26. The summed E-state index contributed by atoms with van der Waals surface area (Å²) in [5, 5.41) is 1.82. The minimum Gasteiger partial charge on any atom is -0.339 e. The lowest BCUT2D eigenvalue weighted by molar-refractivity contribution is 0.0726. The van der Waals surface area contributed by atoms with Gasteiger partial charge in [0.25, 0.3) is 11.5 Å². The van der Waals surface area contributed by atoms with Gasteiger partial charge in [-0.2, -0.15) is 4.98 Å². The zero-order valence-electron chi connectivity index (χ0n) is 14.8. The number of thiazole rings is 1. The Balaban J connectivity index is 1.56. The van der Waals surface area contributed by atoms with Crippen molar-refractivity contribution < 1.29 is 4.79 Å². The summed E-state index contributed by atoms with van der Waals surface area (Å²) in [6.07, 6.45) is 2.69. The Kier molecular flexibility index (Phi) is 4.34.